The minimum atomic E-state index is -0.660. The van der Waals surface area contributed by atoms with Crippen LogP contribution in [0.15, 0.2) is 40.9 Å². The van der Waals surface area contributed by atoms with Crippen molar-refractivity contribution >= 4 is 45.0 Å². The minimum Gasteiger partial charge on any atom is -0.455 e. The van der Waals surface area contributed by atoms with E-state index in [1.54, 1.807) is 36.4 Å². The fourth-order valence-corrected chi connectivity index (χ4v) is 2.26. The van der Waals surface area contributed by atoms with Gasteiger partial charge in [-0.25, -0.2) is 0 Å². The highest BCUT2D eigenvalue weighted by Crippen LogP contribution is 2.35. The van der Waals surface area contributed by atoms with E-state index in [1.165, 1.54) is 0 Å². The number of hydrogen-bond acceptors (Lipinski definition) is 2. The number of amides is 1. The normalized spacial score (nSPS) is 10.3. The Labute approximate surface area is 128 Å². The average molecular weight is 361 g/mol. The molecule has 3 nitrogen and oxygen atoms in total. The van der Waals surface area contributed by atoms with E-state index in [2.05, 4.69) is 15.9 Å². The van der Waals surface area contributed by atoms with Crippen molar-refractivity contribution in [3.05, 3.63) is 56.5 Å². The number of carbonyl (C=O) groups excluding carboxylic acids is 1. The van der Waals surface area contributed by atoms with Crippen molar-refractivity contribution in [3.63, 3.8) is 0 Å². The van der Waals surface area contributed by atoms with E-state index in [0.717, 1.165) is 4.47 Å². The van der Waals surface area contributed by atoms with E-state index < -0.39 is 5.91 Å². The Balaban J connectivity index is 2.46. The monoisotopic (exact) mass is 359 g/mol. The van der Waals surface area contributed by atoms with Gasteiger partial charge in [-0.1, -0.05) is 45.2 Å². The molecule has 19 heavy (non-hydrogen) atoms. The van der Waals surface area contributed by atoms with Crippen LogP contribution >= 0.6 is 39.1 Å². The number of ether oxygens (including phenoxy) is 1. The molecule has 0 atom stereocenters. The van der Waals surface area contributed by atoms with Gasteiger partial charge in [0, 0.05) is 4.47 Å². The predicted molar refractivity (Wildman–Crippen MR) is 79.2 cm³/mol. The van der Waals surface area contributed by atoms with Crippen LogP contribution in [0.4, 0.5) is 0 Å². The third kappa shape index (κ3) is 3.21. The number of rotatable bonds is 3. The lowest BCUT2D eigenvalue weighted by molar-refractivity contribution is 0.0998. The first-order valence-electron chi connectivity index (χ1n) is 5.20. The van der Waals surface area contributed by atoms with Gasteiger partial charge >= 0.3 is 0 Å². The van der Waals surface area contributed by atoms with E-state index >= 15 is 0 Å². The molecular formula is C13H8BrCl2NO2. The fraction of sp³-hybridized carbons (Fsp3) is 0. The molecule has 0 aliphatic carbocycles. The highest BCUT2D eigenvalue weighted by atomic mass is 79.9. The molecule has 0 aromatic heterocycles. The highest BCUT2D eigenvalue weighted by molar-refractivity contribution is 9.10. The minimum absolute atomic E-state index is 0.125. The van der Waals surface area contributed by atoms with E-state index in [4.69, 9.17) is 33.7 Å². The molecule has 0 saturated carbocycles. The molecule has 0 aliphatic heterocycles. The number of benzene rings is 2. The summed E-state index contributed by atoms with van der Waals surface area (Å²) in [7, 11) is 0. The standard InChI is InChI=1S/C13H8BrCl2NO2/c14-7-4-5-8(15)11(6-7)19-10-3-1-2-9(16)12(10)13(17)18/h1-6H,(H2,17,18). The van der Waals surface area contributed by atoms with Gasteiger partial charge < -0.3 is 10.5 Å². The molecule has 0 heterocycles. The lowest BCUT2D eigenvalue weighted by Gasteiger charge is -2.11. The molecule has 2 rings (SSSR count). The molecule has 0 saturated heterocycles. The summed E-state index contributed by atoms with van der Waals surface area (Å²) in [5.41, 5.74) is 5.42. The average Bonchev–Trinajstić information content (AvgIpc) is 2.33. The summed E-state index contributed by atoms with van der Waals surface area (Å²) in [6, 6.07) is 9.97. The lowest BCUT2D eigenvalue weighted by Crippen LogP contribution is -2.13. The Morgan fingerprint density at radius 3 is 2.53 bits per heavy atom. The fourth-order valence-electron chi connectivity index (χ4n) is 1.50. The first kappa shape index (κ1) is 14.2. The van der Waals surface area contributed by atoms with Crippen LogP contribution in [0, 0.1) is 0 Å². The molecule has 2 N–H and O–H groups in total. The second kappa shape index (κ2) is 5.82. The van der Waals surface area contributed by atoms with Crippen LogP contribution in [-0.2, 0) is 0 Å². The van der Waals surface area contributed by atoms with Crippen molar-refractivity contribution in [2.75, 3.05) is 0 Å². The largest absolute Gasteiger partial charge is 0.455 e. The van der Waals surface area contributed by atoms with Gasteiger partial charge in [-0.2, -0.15) is 0 Å². The Kier molecular flexibility index (Phi) is 4.34. The summed E-state index contributed by atoms with van der Waals surface area (Å²) >= 11 is 15.3. The summed E-state index contributed by atoms with van der Waals surface area (Å²) in [5.74, 6) is 0.00697. The van der Waals surface area contributed by atoms with Crippen molar-refractivity contribution in [1.82, 2.24) is 0 Å². The lowest BCUT2D eigenvalue weighted by atomic mass is 10.2. The quantitative estimate of drug-likeness (QED) is 0.866. The topological polar surface area (TPSA) is 52.3 Å². The van der Waals surface area contributed by atoms with Gasteiger partial charge in [-0.15, -0.1) is 0 Å². The van der Waals surface area contributed by atoms with E-state index in [-0.39, 0.29) is 16.3 Å². The Hall–Kier alpha value is -1.23. The van der Waals surface area contributed by atoms with Crippen molar-refractivity contribution in [2.24, 2.45) is 5.73 Å². The summed E-state index contributed by atoms with van der Waals surface area (Å²) in [6.45, 7) is 0. The van der Waals surface area contributed by atoms with Gasteiger partial charge in [0.1, 0.15) is 17.1 Å². The summed E-state index contributed by atoms with van der Waals surface area (Å²) in [6.07, 6.45) is 0. The van der Waals surface area contributed by atoms with E-state index in [0.29, 0.717) is 10.8 Å². The van der Waals surface area contributed by atoms with Gasteiger partial charge in [-0.3, -0.25) is 4.79 Å². The third-order valence-corrected chi connectivity index (χ3v) is 3.46. The van der Waals surface area contributed by atoms with Crippen LogP contribution in [0.1, 0.15) is 10.4 Å². The van der Waals surface area contributed by atoms with Crippen LogP contribution in [0.25, 0.3) is 0 Å². The molecule has 0 aliphatic rings. The molecule has 0 spiro atoms. The summed E-state index contributed by atoms with van der Waals surface area (Å²) < 4.78 is 6.42. The zero-order chi connectivity index (χ0) is 14.0. The molecule has 2 aromatic rings. The first-order valence-corrected chi connectivity index (χ1v) is 6.75. The van der Waals surface area contributed by atoms with Crippen LogP contribution in [0.3, 0.4) is 0 Å². The first-order chi connectivity index (χ1) is 8.99. The van der Waals surface area contributed by atoms with Crippen LogP contribution in [0.5, 0.6) is 11.5 Å². The molecule has 0 radical (unpaired) electrons. The van der Waals surface area contributed by atoms with Crippen molar-refractivity contribution in [2.45, 2.75) is 0 Å². The van der Waals surface area contributed by atoms with Gasteiger partial charge in [0.15, 0.2) is 0 Å². The number of hydrogen-bond donors (Lipinski definition) is 1. The molecule has 98 valence electrons. The number of carbonyl (C=O) groups is 1. The van der Waals surface area contributed by atoms with Crippen molar-refractivity contribution in [3.8, 4) is 11.5 Å². The zero-order valence-corrected chi connectivity index (χ0v) is 12.6. The summed E-state index contributed by atoms with van der Waals surface area (Å²) in [5, 5.41) is 0.648. The number of halogens is 3. The highest BCUT2D eigenvalue weighted by Gasteiger charge is 2.15. The number of primary amides is 1. The maximum absolute atomic E-state index is 11.4. The molecular weight excluding hydrogens is 353 g/mol. The predicted octanol–water partition coefficient (Wildman–Crippen LogP) is 4.65. The van der Waals surface area contributed by atoms with E-state index in [9.17, 15) is 4.79 Å². The van der Waals surface area contributed by atoms with E-state index in [1.807, 2.05) is 0 Å². The Bertz CT molecular complexity index is 647. The van der Waals surface area contributed by atoms with Crippen molar-refractivity contribution < 1.29 is 9.53 Å². The number of nitrogens with two attached hydrogens (primary N) is 1. The Morgan fingerprint density at radius 2 is 1.84 bits per heavy atom. The second-order valence-corrected chi connectivity index (χ2v) is 5.38. The van der Waals surface area contributed by atoms with Crippen LogP contribution in [0.2, 0.25) is 10.0 Å². The molecule has 2 aromatic carbocycles. The molecule has 0 unspecified atom stereocenters. The maximum atomic E-state index is 11.4. The van der Waals surface area contributed by atoms with Crippen LogP contribution in [-0.4, -0.2) is 5.91 Å². The molecule has 0 fully saturated rings. The van der Waals surface area contributed by atoms with Gasteiger partial charge in [0.05, 0.1) is 10.0 Å². The SMILES string of the molecule is NC(=O)c1c(Cl)cccc1Oc1cc(Br)ccc1Cl. The second-order valence-electron chi connectivity index (χ2n) is 3.65. The maximum Gasteiger partial charge on any atom is 0.254 e. The third-order valence-electron chi connectivity index (χ3n) is 2.33. The summed E-state index contributed by atoms with van der Waals surface area (Å²) in [4.78, 5) is 11.4. The van der Waals surface area contributed by atoms with Gasteiger partial charge in [-0.05, 0) is 30.3 Å². The van der Waals surface area contributed by atoms with Crippen molar-refractivity contribution in [1.29, 1.82) is 0 Å². The molecule has 0 bridgehead atoms. The molecule has 1 amide bonds. The molecule has 6 heteroatoms. The Morgan fingerprint density at radius 1 is 1.11 bits per heavy atom. The smallest absolute Gasteiger partial charge is 0.254 e. The van der Waals surface area contributed by atoms with Gasteiger partial charge in [0.2, 0.25) is 0 Å². The van der Waals surface area contributed by atoms with Gasteiger partial charge in [0.25, 0.3) is 5.91 Å². The van der Waals surface area contributed by atoms with Crippen LogP contribution < -0.4 is 10.5 Å². The zero-order valence-electron chi connectivity index (χ0n) is 9.49.